The van der Waals surface area contributed by atoms with Gasteiger partial charge in [-0.15, -0.1) is 0 Å². The number of hydrogen-bond donors (Lipinski definition) is 1. The lowest BCUT2D eigenvalue weighted by molar-refractivity contribution is 0.0785. The number of nitrogens with zero attached hydrogens (tertiary/aromatic N) is 2. The van der Waals surface area contributed by atoms with E-state index in [2.05, 4.69) is 10.3 Å². The highest BCUT2D eigenvalue weighted by atomic mass is 16.2. The first kappa shape index (κ1) is 18.3. The molecule has 5 nitrogen and oxygen atoms in total. The van der Waals surface area contributed by atoms with Crippen molar-refractivity contribution in [2.24, 2.45) is 0 Å². The molecule has 1 N–H and O–H groups in total. The average molecular weight is 359 g/mol. The molecule has 0 unspecified atom stereocenters. The lowest BCUT2D eigenvalue weighted by Crippen LogP contribution is -2.26. The normalized spacial score (nSPS) is 10.3. The van der Waals surface area contributed by atoms with E-state index >= 15 is 0 Å². The maximum atomic E-state index is 12.7. The van der Waals surface area contributed by atoms with Crippen LogP contribution in [0.1, 0.15) is 32.0 Å². The van der Waals surface area contributed by atoms with Crippen molar-refractivity contribution in [3.8, 4) is 0 Å². The van der Waals surface area contributed by atoms with Crippen molar-refractivity contribution in [2.45, 2.75) is 13.5 Å². The Morgan fingerprint density at radius 3 is 2.52 bits per heavy atom. The van der Waals surface area contributed by atoms with E-state index in [0.717, 1.165) is 11.1 Å². The summed E-state index contributed by atoms with van der Waals surface area (Å²) in [5.41, 5.74) is 3.42. The summed E-state index contributed by atoms with van der Waals surface area (Å²) >= 11 is 0. The van der Waals surface area contributed by atoms with Gasteiger partial charge in [-0.1, -0.05) is 42.5 Å². The molecule has 5 heteroatoms. The zero-order chi connectivity index (χ0) is 19.2. The largest absolute Gasteiger partial charge is 0.337 e. The molecule has 0 saturated carbocycles. The number of carbonyl (C=O) groups excluding carboxylic acids is 2. The molecule has 0 saturated heterocycles. The molecule has 2 aromatic carbocycles. The molecule has 1 heterocycles. The van der Waals surface area contributed by atoms with Crippen LogP contribution in [-0.4, -0.2) is 28.7 Å². The zero-order valence-corrected chi connectivity index (χ0v) is 15.3. The molecule has 1 aromatic heterocycles. The van der Waals surface area contributed by atoms with Gasteiger partial charge in [0.1, 0.15) is 5.69 Å². The summed E-state index contributed by atoms with van der Waals surface area (Å²) in [6, 6.07) is 20.4. The first-order chi connectivity index (χ1) is 13.0. The molecule has 0 atom stereocenters. The lowest BCUT2D eigenvalue weighted by Gasteiger charge is -2.17. The third-order valence-electron chi connectivity index (χ3n) is 4.12. The second-order valence-electron chi connectivity index (χ2n) is 6.40. The number of carbonyl (C=O) groups is 2. The highest BCUT2D eigenvalue weighted by Gasteiger charge is 2.15. The van der Waals surface area contributed by atoms with E-state index in [-0.39, 0.29) is 17.5 Å². The zero-order valence-electron chi connectivity index (χ0n) is 15.3. The van der Waals surface area contributed by atoms with Crippen molar-refractivity contribution in [1.82, 2.24) is 9.88 Å². The molecule has 27 heavy (non-hydrogen) atoms. The van der Waals surface area contributed by atoms with Gasteiger partial charge in [0.15, 0.2) is 0 Å². The number of amides is 2. The Kier molecular flexibility index (Phi) is 5.61. The topological polar surface area (TPSA) is 62.3 Å². The Morgan fingerprint density at radius 2 is 1.78 bits per heavy atom. The van der Waals surface area contributed by atoms with Gasteiger partial charge in [0.2, 0.25) is 0 Å². The fourth-order valence-corrected chi connectivity index (χ4v) is 2.76. The summed E-state index contributed by atoms with van der Waals surface area (Å²) in [6.45, 7) is 2.45. The maximum absolute atomic E-state index is 12.7. The molecule has 2 amide bonds. The van der Waals surface area contributed by atoms with Crippen LogP contribution in [0, 0.1) is 6.92 Å². The predicted octanol–water partition coefficient (Wildman–Crippen LogP) is 3.91. The van der Waals surface area contributed by atoms with Crippen LogP contribution in [0.3, 0.4) is 0 Å². The average Bonchev–Trinajstić information content (AvgIpc) is 2.68. The summed E-state index contributed by atoms with van der Waals surface area (Å²) in [5.74, 6) is -0.508. The Morgan fingerprint density at radius 1 is 1.00 bits per heavy atom. The Bertz CT molecular complexity index is 955. The van der Waals surface area contributed by atoms with Crippen molar-refractivity contribution in [3.63, 3.8) is 0 Å². The van der Waals surface area contributed by atoms with Gasteiger partial charge in [-0.25, -0.2) is 0 Å². The second kappa shape index (κ2) is 8.27. The highest BCUT2D eigenvalue weighted by molar-refractivity contribution is 6.04. The summed E-state index contributed by atoms with van der Waals surface area (Å²) in [4.78, 5) is 30.9. The van der Waals surface area contributed by atoms with Crippen molar-refractivity contribution in [3.05, 3.63) is 95.3 Å². The van der Waals surface area contributed by atoms with E-state index in [0.29, 0.717) is 17.8 Å². The van der Waals surface area contributed by atoms with E-state index in [9.17, 15) is 9.59 Å². The molecule has 0 radical (unpaired) electrons. The highest BCUT2D eigenvalue weighted by Crippen LogP contribution is 2.13. The SMILES string of the molecule is Cc1cccc(NC(=O)c2cc(C(=O)N(C)Cc3ccccc3)ccn2)c1. The van der Waals surface area contributed by atoms with E-state index in [1.807, 2.05) is 61.5 Å². The van der Waals surface area contributed by atoms with Gasteiger partial charge in [-0.05, 0) is 42.3 Å². The number of anilines is 1. The quantitative estimate of drug-likeness (QED) is 0.751. The van der Waals surface area contributed by atoms with Gasteiger partial charge < -0.3 is 10.2 Å². The number of aryl methyl sites for hydroxylation is 1. The van der Waals surface area contributed by atoms with Crippen LogP contribution in [0.4, 0.5) is 5.69 Å². The van der Waals surface area contributed by atoms with Crippen LogP contribution < -0.4 is 5.32 Å². The molecule has 136 valence electrons. The molecule has 0 fully saturated rings. The van der Waals surface area contributed by atoms with Gasteiger partial charge in [-0.2, -0.15) is 0 Å². The monoisotopic (exact) mass is 359 g/mol. The Hall–Kier alpha value is -3.47. The van der Waals surface area contributed by atoms with Gasteiger partial charge in [0, 0.05) is 31.0 Å². The number of nitrogens with one attached hydrogen (secondary N) is 1. The first-order valence-electron chi connectivity index (χ1n) is 8.66. The van der Waals surface area contributed by atoms with E-state index in [1.54, 1.807) is 18.0 Å². The van der Waals surface area contributed by atoms with Crippen LogP contribution in [0.2, 0.25) is 0 Å². The number of rotatable bonds is 5. The number of pyridine rings is 1. The fourth-order valence-electron chi connectivity index (χ4n) is 2.76. The van der Waals surface area contributed by atoms with Crippen molar-refractivity contribution >= 4 is 17.5 Å². The standard InChI is InChI=1S/C22H21N3O2/c1-16-7-6-10-19(13-16)24-21(26)20-14-18(11-12-23-20)22(27)25(2)15-17-8-4-3-5-9-17/h3-14H,15H2,1-2H3,(H,24,26). The van der Waals surface area contributed by atoms with E-state index in [4.69, 9.17) is 0 Å². The van der Waals surface area contributed by atoms with Crippen LogP contribution in [0.15, 0.2) is 72.9 Å². The van der Waals surface area contributed by atoms with Gasteiger partial charge >= 0.3 is 0 Å². The predicted molar refractivity (Wildman–Crippen MR) is 106 cm³/mol. The maximum Gasteiger partial charge on any atom is 0.274 e. The molecule has 0 bridgehead atoms. The van der Waals surface area contributed by atoms with Crippen LogP contribution in [-0.2, 0) is 6.54 Å². The lowest BCUT2D eigenvalue weighted by atomic mass is 10.1. The van der Waals surface area contributed by atoms with Crippen molar-refractivity contribution < 1.29 is 9.59 Å². The summed E-state index contributed by atoms with van der Waals surface area (Å²) < 4.78 is 0. The van der Waals surface area contributed by atoms with E-state index < -0.39 is 0 Å². The van der Waals surface area contributed by atoms with Crippen LogP contribution >= 0.6 is 0 Å². The number of benzene rings is 2. The van der Waals surface area contributed by atoms with Crippen LogP contribution in [0.25, 0.3) is 0 Å². The first-order valence-corrected chi connectivity index (χ1v) is 8.66. The Labute approximate surface area is 158 Å². The van der Waals surface area contributed by atoms with Gasteiger partial charge in [0.05, 0.1) is 0 Å². The third-order valence-corrected chi connectivity index (χ3v) is 4.12. The molecule has 0 aliphatic carbocycles. The van der Waals surface area contributed by atoms with Crippen LogP contribution in [0.5, 0.6) is 0 Å². The summed E-state index contributed by atoms with van der Waals surface area (Å²) in [6.07, 6.45) is 1.48. The van der Waals surface area contributed by atoms with Crippen molar-refractivity contribution in [1.29, 1.82) is 0 Å². The number of aromatic nitrogens is 1. The van der Waals surface area contributed by atoms with Crippen molar-refractivity contribution in [2.75, 3.05) is 12.4 Å². The second-order valence-corrected chi connectivity index (χ2v) is 6.40. The van der Waals surface area contributed by atoms with Gasteiger partial charge in [-0.3, -0.25) is 14.6 Å². The molecule has 0 aliphatic heterocycles. The minimum Gasteiger partial charge on any atom is -0.337 e. The molecule has 3 aromatic rings. The number of hydrogen-bond acceptors (Lipinski definition) is 3. The molecule has 0 aliphatic rings. The van der Waals surface area contributed by atoms with E-state index in [1.165, 1.54) is 12.3 Å². The smallest absolute Gasteiger partial charge is 0.274 e. The summed E-state index contributed by atoms with van der Waals surface area (Å²) in [5, 5.41) is 2.81. The molecular formula is C22H21N3O2. The molecule has 3 rings (SSSR count). The molecular weight excluding hydrogens is 338 g/mol. The minimum atomic E-state index is -0.346. The fraction of sp³-hybridized carbons (Fsp3) is 0.136. The minimum absolute atomic E-state index is 0.161. The Balaban J connectivity index is 1.72. The molecule has 0 spiro atoms. The summed E-state index contributed by atoms with van der Waals surface area (Å²) in [7, 11) is 1.74. The van der Waals surface area contributed by atoms with Gasteiger partial charge in [0.25, 0.3) is 11.8 Å². The third kappa shape index (κ3) is 4.79.